The van der Waals surface area contributed by atoms with Gasteiger partial charge in [0.25, 0.3) is 0 Å². The van der Waals surface area contributed by atoms with Gasteiger partial charge in [0.05, 0.1) is 5.69 Å². The van der Waals surface area contributed by atoms with E-state index in [4.69, 9.17) is 4.42 Å². The van der Waals surface area contributed by atoms with Crippen molar-refractivity contribution in [1.29, 1.82) is 0 Å². The number of halogens is 2. The summed E-state index contributed by atoms with van der Waals surface area (Å²) in [4.78, 5) is 3.99. The maximum atomic E-state index is 15.0. The number of aromatic nitrogens is 1. The van der Waals surface area contributed by atoms with Crippen LogP contribution >= 0.6 is 0 Å². The summed E-state index contributed by atoms with van der Waals surface area (Å²) in [6.07, 6.45) is 3.91. The van der Waals surface area contributed by atoms with Crippen molar-refractivity contribution in [2.45, 2.75) is 57.1 Å². The van der Waals surface area contributed by atoms with Gasteiger partial charge >= 0.3 is 0 Å². The second-order valence-electron chi connectivity index (χ2n) is 8.46. The lowest BCUT2D eigenvalue weighted by Gasteiger charge is -2.37. The van der Waals surface area contributed by atoms with E-state index in [-0.39, 0.29) is 23.7 Å². The molecule has 1 unspecified atom stereocenters. The van der Waals surface area contributed by atoms with Gasteiger partial charge in [-0.3, -0.25) is 0 Å². The molecule has 1 N–H and O–H groups in total. The van der Waals surface area contributed by atoms with Crippen LogP contribution in [0.1, 0.15) is 60.4 Å². The van der Waals surface area contributed by atoms with Gasteiger partial charge in [-0.2, -0.15) is 4.31 Å². The highest BCUT2D eigenvalue weighted by atomic mass is 32.2. The SMILES string of the molecule is CC(NCc1cocn1)c1cc(F)c(CN2[C@@H](C)CC[C@H](c3ccccc3)S2(=O)=O)cc1F. The second-order valence-corrected chi connectivity index (χ2v) is 10.5. The highest BCUT2D eigenvalue weighted by Gasteiger charge is 2.40. The Labute approximate surface area is 192 Å². The molecule has 1 saturated heterocycles. The highest BCUT2D eigenvalue weighted by molar-refractivity contribution is 7.89. The van der Waals surface area contributed by atoms with Crippen LogP contribution in [0.4, 0.5) is 8.78 Å². The summed E-state index contributed by atoms with van der Waals surface area (Å²) in [5.41, 5.74) is 1.54. The van der Waals surface area contributed by atoms with E-state index in [0.29, 0.717) is 30.6 Å². The van der Waals surface area contributed by atoms with Crippen LogP contribution < -0.4 is 5.32 Å². The number of rotatable bonds is 7. The minimum atomic E-state index is -3.74. The second kappa shape index (κ2) is 9.70. The third-order valence-corrected chi connectivity index (χ3v) is 8.60. The van der Waals surface area contributed by atoms with E-state index in [0.717, 1.165) is 12.1 Å². The van der Waals surface area contributed by atoms with Crippen LogP contribution in [0.5, 0.6) is 0 Å². The molecule has 2 aromatic carbocycles. The fraction of sp³-hybridized carbons (Fsp3) is 0.375. The Hall–Kier alpha value is -2.62. The summed E-state index contributed by atoms with van der Waals surface area (Å²) in [7, 11) is -3.74. The average Bonchev–Trinajstić information content (AvgIpc) is 3.31. The Kier molecular flexibility index (Phi) is 6.92. The van der Waals surface area contributed by atoms with E-state index in [2.05, 4.69) is 10.3 Å². The molecule has 2 heterocycles. The van der Waals surface area contributed by atoms with Gasteiger partial charge in [-0.15, -0.1) is 0 Å². The predicted molar refractivity (Wildman–Crippen MR) is 120 cm³/mol. The van der Waals surface area contributed by atoms with Crippen molar-refractivity contribution in [2.75, 3.05) is 0 Å². The monoisotopic (exact) mass is 475 g/mol. The molecule has 176 valence electrons. The number of nitrogens with zero attached hydrogens (tertiary/aromatic N) is 2. The number of hydrogen-bond acceptors (Lipinski definition) is 5. The Balaban J connectivity index is 1.54. The quantitative estimate of drug-likeness (QED) is 0.528. The largest absolute Gasteiger partial charge is 0.451 e. The van der Waals surface area contributed by atoms with Gasteiger partial charge in [-0.1, -0.05) is 30.3 Å². The molecule has 6 nitrogen and oxygen atoms in total. The normalized spacial score (nSPS) is 21.7. The lowest BCUT2D eigenvalue weighted by atomic mass is 10.0. The Morgan fingerprint density at radius 2 is 1.94 bits per heavy atom. The topological polar surface area (TPSA) is 75.4 Å². The molecule has 0 amide bonds. The maximum absolute atomic E-state index is 15.0. The molecule has 33 heavy (non-hydrogen) atoms. The number of hydrogen-bond donors (Lipinski definition) is 1. The number of nitrogens with one attached hydrogen (secondary N) is 1. The minimum Gasteiger partial charge on any atom is -0.451 e. The summed E-state index contributed by atoms with van der Waals surface area (Å²) in [5.74, 6) is -1.22. The van der Waals surface area contributed by atoms with Crippen molar-refractivity contribution in [1.82, 2.24) is 14.6 Å². The Bertz CT molecular complexity index is 1190. The molecule has 0 radical (unpaired) electrons. The van der Waals surface area contributed by atoms with Crippen LogP contribution in [0.3, 0.4) is 0 Å². The summed E-state index contributed by atoms with van der Waals surface area (Å²) in [6.45, 7) is 3.65. The minimum absolute atomic E-state index is 0.0177. The molecular formula is C24H27F2N3O3S. The Morgan fingerprint density at radius 1 is 1.18 bits per heavy atom. The molecule has 9 heteroatoms. The first-order valence-corrected chi connectivity index (χ1v) is 12.4. The molecule has 0 spiro atoms. The predicted octanol–water partition coefficient (Wildman–Crippen LogP) is 4.86. The third kappa shape index (κ3) is 5.00. The summed E-state index contributed by atoms with van der Waals surface area (Å²) >= 11 is 0. The van der Waals surface area contributed by atoms with Gasteiger partial charge in [0.15, 0.2) is 6.39 Å². The number of oxazole rings is 1. The van der Waals surface area contributed by atoms with Crippen LogP contribution in [0.2, 0.25) is 0 Å². The van der Waals surface area contributed by atoms with Crippen LogP contribution in [0, 0.1) is 11.6 Å². The third-order valence-electron chi connectivity index (χ3n) is 6.23. The van der Waals surface area contributed by atoms with Crippen LogP contribution in [-0.2, 0) is 23.1 Å². The molecule has 1 aliphatic rings. The van der Waals surface area contributed by atoms with Crippen LogP contribution in [0.25, 0.3) is 0 Å². The van der Waals surface area contributed by atoms with Crippen molar-refractivity contribution >= 4 is 10.0 Å². The molecule has 1 aliphatic heterocycles. The van der Waals surface area contributed by atoms with Crippen molar-refractivity contribution in [3.05, 3.63) is 89.1 Å². The summed E-state index contributed by atoms with van der Waals surface area (Å²) < 4.78 is 62.9. The standard InChI is InChI=1S/C24H27F2N3O3S/c1-16-8-9-24(18-6-4-3-5-7-18)33(30,31)29(16)13-19-10-23(26)21(11-22(19)25)17(2)27-12-20-14-32-15-28-20/h3-7,10-11,14-17,24,27H,8-9,12-13H2,1-2H3/t16-,17?,24+/m0/s1. The molecule has 1 fully saturated rings. The van der Waals surface area contributed by atoms with E-state index >= 15 is 4.39 Å². The van der Waals surface area contributed by atoms with Gasteiger partial charge in [0.1, 0.15) is 23.1 Å². The average molecular weight is 476 g/mol. The number of sulfonamides is 1. The fourth-order valence-electron chi connectivity index (χ4n) is 4.27. The maximum Gasteiger partial charge on any atom is 0.221 e. The van der Waals surface area contributed by atoms with Crippen LogP contribution in [0.15, 0.2) is 59.5 Å². The van der Waals surface area contributed by atoms with E-state index in [9.17, 15) is 12.8 Å². The molecular weight excluding hydrogens is 448 g/mol. The highest BCUT2D eigenvalue weighted by Crippen LogP contribution is 2.38. The van der Waals surface area contributed by atoms with Gasteiger partial charge in [0.2, 0.25) is 10.0 Å². The van der Waals surface area contributed by atoms with Crippen molar-refractivity contribution in [3.63, 3.8) is 0 Å². The van der Waals surface area contributed by atoms with Gasteiger partial charge < -0.3 is 9.73 Å². The molecule has 0 saturated carbocycles. The van der Waals surface area contributed by atoms with Crippen molar-refractivity contribution in [2.24, 2.45) is 0 Å². The molecule has 4 rings (SSSR count). The summed E-state index contributed by atoms with van der Waals surface area (Å²) in [5, 5.41) is 2.39. The smallest absolute Gasteiger partial charge is 0.221 e. The van der Waals surface area contributed by atoms with Crippen molar-refractivity contribution < 1.29 is 21.6 Å². The van der Waals surface area contributed by atoms with Gasteiger partial charge in [-0.25, -0.2) is 22.2 Å². The number of benzene rings is 2. The zero-order valence-electron chi connectivity index (χ0n) is 18.5. The van der Waals surface area contributed by atoms with E-state index in [1.165, 1.54) is 17.0 Å². The Morgan fingerprint density at radius 3 is 2.64 bits per heavy atom. The molecule has 0 aliphatic carbocycles. The molecule has 3 atom stereocenters. The lowest BCUT2D eigenvalue weighted by molar-refractivity contribution is 0.278. The van der Waals surface area contributed by atoms with Gasteiger partial charge in [0, 0.05) is 36.3 Å². The zero-order chi connectivity index (χ0) is 23.6. The molecule has 1 aromatic heterocycles. The first-order chi connectivity index (χ1) is 15.8. The van der Waals surface area contributed by atoms with E-state index in [1.807, 2.05) is 6.07 Å². The first kappa shape index (κ1) is 23.5. The molecule has 0 bridgehead atoms. The zero-order valence-corrected chi connectivity index (χ0v) is 19.4. The first-order valence-electron chi connectivity index (χ1n) is 10.9. The van der Waals surface area contributed by atoms with E-state index < -0.39 is 32.9 Å². The van der Waals surface area contributed by atoms with Gasteiger partial charge in [-0.05, 0) is 44.4 Å². The van der Waals surface area contributed by atoms with E-state index in [1.54, 1.807) is 38.1 Å². The fourth-order valence-corrected chi connectivity index (χ4v) is 6.46. The lowest BCUT2D eigenvalue weighted by Crippen LogP contribution is -2.44. The van der Waals surface area contributed by atoms with Crippen LogP contribution in [-0.4, -0.2) is 23.7 Å². The van der Waals surface area contributed by atoms with Crippen molar-refractivity contribution in [3.8, 4) is 0 Å². The molecule has 3 aromatic rings. The summed E-state index contributed by atoms with van der Waals surface area (Å²) in [6, 6.07) is 10.5.